The van der Waals surface area contributed by atoms with Gasteiger partial charge in [-0.1, -0.05) is 6.07 Å². The van der Waals surface area contributed by atoms with E-state index in [0.29, 0.717) is 6.61 Å². The van der Waals surface area contributed by atoms with Crippen molar-refractivity contribution in [2.75, 3.05) is 13.7 Å². The Labute approximate surface area is 96.0 Å². The Morgan fingerprint density at radius 2 is 2.31 bits per heavy atom. The van der Waals surface area contributed by atoms with Gasteiger partial charge in [0.15, 0.2) is 0 Å². The number of aliphatic hydroxyl groups is 1. The molecule has 1 N–H and O–H groups in total. The molecule has 1 unspecified atom stereocenters. The van der Waals surface area contributed by atoms with Crippen molar-refractivity contribution in [2.45, 2.75) is 32.0 Å². The minimum atomic E-state index is -0.291. The van der Waals surface area contributed by atoms with Crippen molar-refractivity contribution >= 4 is 0 Å². The first-order valence-corrected chi connectivity index (χ1v) is 5.67. The Bertz CT molecular complexity index is 362. The maximum absolute atomic E-state index is 9.68. The average molecular weight is 222 g/mol. The largest absolute Gasteiger partial charge is 0.488 e. The molecule has 1 aliphatic carbocycles. The van der Waals surface area contributed by atoms with Gasteiger partial charge in [0.2, 0.25) is 0 Å². The topological polar surface area (TPSA) is 38.7 Å². The van der Waals surface area contributed by atoms with E-state index in [2.05, 4.69) is 0 Å². The van der Waals surface area contributed by atoms with Gasteiger partial charge in [0.1, 0.15) is 11.9 Å². The van der Waals surface area contributed by atoms with Crippen LogP contribution in [0.15, 0.2) is 18.2 Å². The summed E-state index contributed by atoms with van der Waals surface area (Å²) in [6.07, 6.45) is 1.52. The van der Waals surface area contributed by atoms with Gasteiger partial charge in [-0.25, -0.2) is 0 Å². The highest BCUT2D eigenvalue weighted by atomic mass is 16.5. The Hall–Kier alpha value is -1.06. The van der Waals surface area contributed by atoms with Crippen LogP contribution in [0.5, 0.6) is 5.75 Å². The molecule has 1 aromatic rings. The molecule has 0 amide bonds. The smallest absolute Gasteiger partial charge is 0.120 e. The summed E-state index contributed by atoms with van der Waals surface area (Å²) in [5, 5.41) is 9.68. The number of aryl methyl sites for hydroxylation is 1. The fourth-order valence-corrected chi connectivity index (χ4v) is 2.15. The van der Waals surface area contributed by atoms with Gasteiger partial charge in [-0.05, 0) is 43.0 Å². The summed E-state index contributed by atoms with van der Waals surface area (Å²) >= 11 is 0. The molecule has 0 aliphatic heterocycles. The van der Waals surface area contributed by atoms with E-state index >= 15 is 0 Å². The first-order valence-electron chi connectivity index (χ1n) is 5.67. The van der Waals surface area contributed by atoms with Crippen LogP contribution in [-0.2, 0) is 11.2 Å². The fourth-order valence-electron chi connectivity index (χ4n) is 2.15. The molecular weight excluding hydrogens is 204 g/mol. The van der Waals surface area contributed by atoms with Crippen LogP contribution in [0.1, 0.15) is 30.6 Å². The van der Waals surface area contributed by atoms with Gasteiger partial charge < -0.3 is 14.6 Å². The Balaban J connectivity index is 2.07. The average Bonchev–Trinajstić information content (AvgIpc) is 2.60. The summed E-state index contributed by atoms with van der Waals surface area (Å²) < 4.78 is 10.7. The lowest BCUT2D eigenvalue weighted by Crippen LogP contribution is -2.17. The van der Waals surface area contributed by atoms with Crippen LogP contribution >= 0.6 is 0 Å². The van der Waals surface area contributed by atoms with Crippen molar-refractivity contribution in [3.05, 3.63) is 29.3 Å². The number of methoxy groups -OCH3 is 1. The zero-order valence-corrected chi connectivity index (χ0v) is 9.77. The second-order valence-electron chi connectivity index (χ2n) is 4.30. The van der Waals surface area contributed by atoms with E-state index in [9.17, 15) is 5.11 Å². The highest BCUT2D eigenvalue weighted by Gasteiger charge is 2.20. The molecule has 1 aromatic carbocycles. The predicted molar refractivity (Wildman–Crippen MR) is 61.7 cm³/mol. The van der Waals surface area contributed by atoms with Crippen LogP contribution in [0.4, 0.5) is 0 Å². The van der Waals surface area contributed by atoms with Gasteiger partial charge in [0.05, 0.1) is 12.7 Å². The number of benzene rings is 1. The van der Waals surface area contributed by atoms with Crippen molar-refractivity contribution in [3.63, 3.8) is 0 Å². The summed E-state index contributed by atoms with van der Waals surface area (Å²) in [6, 6.07) is 5.90. The minimum Gasteiger partial charge on any atom is -0.488 e. The minimum absolute atomic E-state index is 0.0503. The third-order valence-electron chi connectivity index (χ3n) is 2.90. The van der Waals surface area contributed by atoms with Crippen LogP contribution in [0.3, 0.4) is 0 Å². The van der Waals surface area contributed by atoms with Crippen molar-refractivity contribution < 1.29 is 14.6 Å². The monoisotopic (exact) mass is 222 g/mol. The second kappa shape index (κ2) is 4.85. The third kappa shape index (κ3) is 2.36. The Morgan fingerprint density at radius 1 is 1.50 bits per heavy atom. The van der Waals surface area contributed by atoms with Crippen LogP contribution in [0.25, 0.3) is 0 Å². The molecular formula is C13H18O3. The lowest BCUT2D eigenvalue weighted by Gasteiger charge is -2.14. The summed E-state index contributed by atoms with van der Waals surface area (Å²) in [7, 11) is 1.67. The van der Waals surface area contributed by atoms with Crippen molar-refractivity contribution in [2.24, 2.45) is 0 Å². The first-order chi connectivity index (χ1) is 7.70. The highest BCUT2D eigenvalue weighted by Crippen LogP contribution is 2.33. The molecule has 0 fully saturated rings. The molecule has 16 heavy (non-hydrogen) atoms. The number of aliphatic hydroxyl groups excluding tert-OH is 1. The van der Waals surface area contributed by atoms with E-state index < -0.39 is 0 Å². The molecule has 0 spiro atoms. The van der Waals surface area contributed by atoms with Gasteiger partial charge in [-0.15, -0.1) is 0 Å². The standard InChI is InChI=1S/C13H18O3/c1-9(8-15-2)16-11-4-5-12-10(7-11)3-6-13(12)14/h4-5,7,9,13-14H,3,6,8H2,1-2H3/t9?,13-/m1/s1. The van der Waals surface area contributed by atoms with Gasteiger partial charge in [-0.2, -0.15) is 0 Å². The molecule has 0 bridgehead atoms. The number of hydrogen-bond donors (Lipinski definition) is 1. The molecule has 0 heterocycles. The van der Waals surface area contributed by atoms with Gasteiger partial charge in [-0.3, -0.25) is 0 Å². The fraction of sp³-hybridized carbons (Fsp3) is 0.538. The predicted octanol–water partition coefficient (Wildman–Crippen LogP) is 2.08. The summed E-state index contributed by atoms with van der Waals surface area (Å²) in [6.45, 7) is 2.56. The molecule has 3 heteroatoms. The van der Waals surface area contributed by atoms with E-state index in [4.69, 9.17) is 9.47 Å². The Kier molecular flexibility index (Phi) is 3.46. The third-order valence-corrected chi connectivity index (χ3v) is 2.90. The molecule has 0 aromatic heterocycles. The SMILES string of the molecule is COCC(C)Oc1ccc2c(c1)CC[C@H]2O. The van der Waals surface area contributed by atoms with Crippen molar-refractivity contribution in [1.29, 1.82) is 0 Å². The van der Waals surface area contributed by atoms with E-state index in [1.807, 2.05) is 25.1 Å². The van der Waals surface area contributed by atoms with Crippen LogP contribution in [0, 0.1) is 0 Å². The second-order valence-corrected chi connectivity index (χ2v) is 4.30. The maximum Gasteiger partial charge on any atom is 0.120 e. The zero-order valence-electron chi connectivity index (χ0n) is 9.77. The van der Waals surface area contributed by atoms with Crippen molar-refractivity contribution in [1.82, 2.24) is 0 Å². The summed E-state index contributed by atoms with van der Waals surface area (Å²) in [5.41, 5.74) is 2.25. The molecule has 0 radical (unpaired) electrons. The van der Waals surface area contributed by atoms with Crippen molar-refractivity contribution in [3.8, 4) is 5.75 Å². The normalized spacial score (nSPS) is 20.6. The number of rotatable bonds is 4. The molecule has 0 saturated carbocycles. The highest BCUT2D eigenvalue weighted by molar-refractivity contribution is 5.39. The molecule has 2 atom stereocenters. The van der Waals surface area contributed by atoms with Gasteiger partial charge in [0.25, 0.3) is 0 Å². The van der Waals surface area contributed by atoms with Gasteiger partial charge in [0, 0.05) is 7.11 Å². The molecule has 0 saturated heterocycles. The quantitative estimate of drug-likeness (QED) is 0.847. The van der Waals surface area contributed by atoms with Crippen LogP contribution in [0.2, 0.25) is 0 Å². The summed E-state index contributed by atoms with van der Waals surface area (Å²) in [5.74, 6) is 0.859. The van der Waals surface area contributed by atoms with Crippen LogP contribution < -0.4 is 4.74 Å². The summed E-state index contributed by atoms with van der Waals surface area (Å²) in [4.78, 5) is 0. The zero-order chi connectivity index (χ0) is 11.5. The number of hydrogen-bond acceptors (Lipinski definition) is 3. The first kappa shape index (κ1) is 11.4. The maximum atomic E-state index is 9.68. The van der Waals surface area contributed by atoms with E-state index in [0.717, 1.165) is 24.2 Å². The Morgan fingerprint density at radius 3 is 3.06 bits per heavy atom. The van der Waals surface area contributed by atoms with Gasteiger partial charge >= 0.3 is 0 Å². The lowest BCUT2D eigenvalue weighted by molar-refractivity contribution is 0.0920. The molecule has 2 rings (SSSR count). The van der Waals surface area contributed by atoms with Crippen LogP contribution in [-0.4, -0.2) is 24.9 Å². The molecule has 1 aliphatic rings. The van der Waals surface area contributed by atoms with E-state index in [1.165, 1.54) is 5.56 Å². The van der Waals surface area contributed by atoms with E-state index in [1.54, 1.807) is 7.11 Å². The number of fused-ring (bicyclic) bond motifs is 1. The molecule has 88 valence electrons. The number of ether oxygens (including phenoxy) is 2. The molecule has 3 nitrogen and oxygen atoms in total. The lowest BCUT2D eigenvalue weighted by atomic mass is 10.1. The van der Waals surface area contributed by atoms with E-state index in [-0.39, 0.29) is 12.2 Å².